The number of carbonyl (C=O) groups is 1. The average Bonchev–Trinajstić information content (AvgIpc) is 2.39. The van der Waals surface area contributed by atoms with Crippen LogP contribution in [0.3, 0.4) is 0 Å². The highest BCUT2D eigenvalue weighted by Gasteiger charge is 2.34. The number of hydrogen-bond acceptors (Lipinski definition) is 3. The summed E-state index contributed by atoms with van der Waals surface area (Å²) in [5.74, 6) is -0.844. The van der Waals surface area contributed by atoms with Crippen molar-refractivity contribution < 1.29 is 23.4 Å². The summed E-state index contributed by atoms with van der Waals surface area (Å²) < 4.78 is 28.6. The summed E-state index contributed by atoms with van der Waals surface area (Å²) in [5.41, 5.74) is 0.0637. The molecular weight excluding hydrogens is 280 g/mol. The van der Waals surface area contributed by atoms with Crippen LogP contribution < -0.4 is 4.74 Å². The van der Waals surface area contributed by atoms with Gasteiger partial charge in [0.05, 0.1) is 12.0 Å². The smallest absolute Gasteiger partial charge is 0.387 e. The minimum atomic E-state index is -2.87. The molecule has 118 valence electrons. The van der Waals surface area contributed by atoms with E-state index in [-0.39, 0.29) is 12.2 Å². The first kappa shape index (κ1) is 17.4. The van der Waals surface area contributed by atoms with Gasteiger partial charge in [0.15, 0.2) is 0 Å². The fourth-order valence-electron chi connectivity index (χ4n) is 2.61. The number of nitrogens with zero attached hydrogens (tertiary/aromatic N) is 1. The largest absolute Gasteiger partial charge is 0.481 e. The number of aliphatic carboxylic acids is 1. The summed E-state index contributed by atoms with van der Waals surface area (Å²) in [6.07, 6.45) is -0.0657. The van der Waals surface area contributed by atoms with Crippen LogP contribution in [0.15, 0.2) is 24.3 Å². The topological polar surface area (TPSA) is 49.8 Å². The molecular formula is C15H21F2NO3. The highest BCUT2D eigenvalue weighted by molar-refractivity contribution is 5.69. The molecule has 0 aliphatic rings. The first-order chi connectivity index (χ1) is 9.83. The summed E-state index contributed by atoms with van der Waals surface area (Å²) in [6.45, 7) is 4.27. The van der Waals surface area contributed by atoms with Gasteiger partial charge < -0.3 is 9.84 Å². The second-order valence-electron chi connectivity index (χ2n) is 4.92. The zero-order valence-corrected chi connectivity index (χ0v) is 12.5. The van der Waals surface area contributed by atoms with E-state index < -0.39 is 18.1 Å². The Morgan fingerprint density at radius 3 is 2.19 bits per heavy atom. The van der Waals surface area contributed by atoms with Gasteiger partial charge in [-0.2, -0.15) is 8.78 Å². The van der Waals surface area contributed by atoms with Crippen molar-refractivity contribution in [2.45, 2.75) is 39.3 Å². The van der Waals surface area contributed by atoms with E-state index >= 15 is 0 Å². The van der Waals surface area contributed by atoms with E-state index in [1.807, 2.05) is 25.7 Å². The van der Waals surface area contributed by atoms with E-state index in [1.54, 1.807) is 12.1 Å². The molecule has 0 saturated heterocycles. The van der Waals surface area contributed by atoms with Gasteiger partial charge in [0, 0.05) is 0 Å². The summed E-state index contributed by atoms with van der Waals surface area (Å²) in [7, 11) is 0. The van der Waals surface area contributed by atoms with Crippen LogP contribution in [-0.4, -0.2) is 35.7 Å². The normalized spacial score (nSPS) is 14.2. The number of ether oxygens (including phenoxy) is 1. The predicted molar refractivity (Wildman–Crippen MR) is 75.6 cm³/mol. The Labute approximate surface area is 123 Å². The molecule has 0 amide bonds. The highest BCUT2D eigenvalue weighted by Crippen LogP contribution is 2.33. The van der Waals surface area contributed by atoms with Gasteiger partial charge in [-0.3, -0.25) is 9.69 Å². The lowest BCUT2D eigenvalue weighted by Gasteiger charge is -2.40. The van der Waals surface area contributed by atoms with E-state index in [1.165, 1.54) is 12.1 Å². The average molecular weight is 301 g/mol. The molecule has 0 fully saturated rings. The van der Waals surface area contributed by atoms with E-state index in [0.29, 0.717) is 13.1 Å². The highest BCUT2D eigenvalue weighted by atomic mass is 19.3. The maximum atomic E-state index is 12.2. The Kier molecular flexibility index (Phi) is 6.08. The van der Waals surface area contributed by atoms with Crippen LogP contribution in [0.1, 0.15) is 32.8 Å². The fourth-order valence-corrected chi connectivity index (χ4v) is 2.61. The second kappa shape index (κ2) is 7.36. The molecule has 6 heteroatoms. The van der Waals surface area contributed by atoms with Crippen molar-refractivity contribution in [3.63, 3.8) is 0 Å². The summed E-state index contributed by atoms with van der Waals surface area (Å²) in [6, 6.07) is 6.15. The van der Waals surface area contributed by atoms with Crippen molar-refractivity contribution in [2.75, 3.05) is 13.1 Å². The number of rotatable bonds is 8. The fraction of sp³-hybridized carbons (Fsp3) is 0.533. The zero-order valence-electron chi connectivity index (χ0n) is 12.5. The quantitative estimate of drug-likeness (QED) is 0.800. The van der Waals surface area contributed by atoms with Crippen LogP contribution in [0.2, 0.25) is 0 Å². The summed E-state index contributed by atoms with van der Waals surface area (Å²) in [5, 5.41) is 9.17. The van der Waals surface area contributed by atoms with E-state index in [0.717, 1.165) is 5.56 Å². The number of carboxylic acids is 1. The number of benzene rings is 1. The molecule has 0 aliphatic heterocycles. The molecule has 21 heavy (non-hydrogen) atoms. The van der Waals surface area contributed by atoms with Gasteiger partial charge in [-0.25, -0.2) is 0 Å². The molecule has 0 bridgehead atoms. The minimum Gasteiger partial charge on any atom is -0.481 e. The lowest BCUT2D eigenvalue weighted by Crippen LogP contribution is -2.45. The van der Waals surface area contributed by atoms with Crippen molar-refractivity contribution in [1.29, 1.82) is 0 Å². The molecule has 0 radical (unpaired) electrons. The molecule has 1 aromatic carbocycles. The third-order valence-electron chi connectivity index (χ3n) is 3.66. The Hall–Kier alpha value is -1.69. The van der Waals surface area contributed by atoms with E-state index in [2.05, 4.69) is 4.74 Å². The number of halogens is 2. The Morgan fingerprint density at radius 2 is 1.81 bits per heavy atom. The van der Waals surface area contributed by atoms with Crippen LogP contribution in [0.4, 0.5) is 8.78 Å². The Balaban J connectivity index is 3.11. The minimum absolute atomic E-state index is 0.0611. The van der Waals surface area contributed by atoms with Crippen LogP contribution in [0, 0.1) is 0 Å². The first-order valence-corrected chi connectivity index (χ1v) is 6.85. The number of hydrogen-bond donors (Lipinski definition) is 1. The molecule has 0 aliphatic carbocycles. The SMILES string of the molecule is CCN(CC)C(C)(CC(=O)O)c1ccc(OC(F)F)cc1. The molecule has 0 heterocycles. The second-order valence-corrected chi connectivity index (χ2v) is 4.92. The van der Waals surface area contributed by atoms with Gasteiger partial charge in [0.2, 0.25) is 0 Å². The van der Waals surface area contributed by atoms with Crippen molar-refractivity contribution in [1.82, 2.24) is 4.90 Å². The van der Waals surface area contributed by atoms with Crippen LogP contribution in [0.5, 0.6) is 5.75 Å². The maximum absolute atomic E-state index is 12.2. The summed E-state index contributed by atoms with van der Waals surface area (Å²) in [4.78, 5) is 13.2. The van der Waals surface area contributed by atoms with Gasteiger partial charge in [0.25, 0.3) is 0 Å². The maximum Gasteiger partial charge on any atom is 0.387 e. The van der Waals surface area contributed by atoms with Crippen LogP contribution in [0.25, 0.3) is 0 Å². The first-order valence-electron chi connectivity index (χ1n) is 6.85. The third-order valence-corrected chi connectivity index (χ3v) is 3.66. The Morgan fingerprint density at radius 1 is 1.29 bits per heavy atom. The van der Waals surface area contributed by atoms with Crippen molar-refractivity contribution in [3.05, 3.63) is 29.8 Å². The predicted octanol–water partition coefficient (Wildman–Crippen LogP) is 3.32. The van der Waals surface area contributed by atoms with Crippen molar-refractivity contribution >= 4 is 5.97 Å². The van der Waals surface area contributed by atoms with Gasteiger partial charge in [-0.15, -0.1) is 0 Å². The molecule has 1 aromatic rings. The van der Waals surface area contributed by atoms with Crippen molar-refractivity contribution in [2.24, 2.45) is 0 Å². The third kappa shape index (κ3) is 4.39. The molecule has 0 saturated carbocycles. The van der Waals surface area contributed by atoms with Crippen LogP contribution in [-0.2, 0) is 10.3 Å². The van der Waals surface area contributed by atoms with E-state index in [9.17, 15) is 18.7 Å². The molecule has 4 nitrogen and oxygen atoms in total. The zero-order chi connectivity index (χ0) is 16.0. The number of carboxylic acid groups (broad SMARTS) is 1. The van der Waals surface area contributed by atoms with E-state index in [4.69, 9.17) is 0 Å². The molecule has 0 aromatic heterocycles. The standard InChI is InChI=1S/C15H21F2NO3/c1-4-18(5-2)15(3,10-13(19)20)11-6-8-12(9-7-11)21-14(16)17/h6-9,14H,4-5,10H2,1-3H3,(H,19,20). The molecule has 1 atom stereocenters. The molecule has 0 spiro atoms. The summed E-state index contributed by atoms with van der Waals surface area (Å²) >= 11 is 0. The monoisotopic (exact) mass is 301 g/mol. The van der Waals surface area contributed by atoms with Gasteiger partial charge in [-0.1, -0.05) is 26.0 Å². The van der Waals surface area contributed by atoms with Crippen molar-refractivity contribution in [3.8, 4) is 5.75 Å². The van der Waals surface area contributed by atoms with Crippen LogP contribution >= 0.6 is 0 Å². The molecule has 1 rings (SSSR count). The van der Waals surface area contributed by atoms with Gasteiger partial charge >= 0.3 is 12.6 Å². The molecule has 1 unspecified atom stereocenters. The molecule has 1 N–H and O–H groups in total. The number of alkyl halides is 2. The van der Waals surface area contributed by atoms with Gasteiger partial charge in [-0.05, 0) is 37.7 Å². The lowest BCUT2D eigenvalue weighted by atomic mass is 9.86. The Bertz CT molecular complexity index is 460. The van der Waals surface area contributed by atoms with Gasteiger partial charge in [0.1, 0.15) is 5.75 Å². The lowest BCUT2D eigenvalue weighted by molar-refractivity contribution is -0.140.